The number of benzene rings is 2. The molecule has 2 aliphatic carbocycles. The van der Waals surface area contributed by atoms with Gasteiger partial charge in [0, 0.05) is 0 Å². The zero-order valence-electron chi connectivity index (χ0n) is 16.2. The van der Waals surface area contributed by atoms with Crippen molar-refractivity contribution in [3.63, 3.8) is 0 Å². The Balaban J connectivity index is 1.50. The number of aliphatic carboxylic acids is 1. The van der Waals surface area contributed by atoms with Crippen LogP contribution in [-0.4, -0.2) is 34.1 Å². The maximum absolute atomic E-state index is 13.0. The molecule has 2 aromatic carbocycles. The van der Waals surface area contributed by atoms with Crippen molar-refractivity contribution in [2.45, 2.75) is 54.5 Å². The average molecular weight is 471 g/mol. The van der Waals surface area contributed by atoms with Crippen LogP contribution in [0.5, 0.6) is 0 Å². The molecule has 1 N–H and O–H groups in total. The van der Waals surface area contributed by atoms with Gasteiger partial charge in [-0.05, 0) is 0 Å². The van der Waals surface area contributed by atoms with Crippen molar-refractivity contribution in [1.82, 2.24) is 0 Å². The van der Waals surface area contributed by atoms with Crippen molar-refractivity contribution in [1.29, 1.82) is 0 Å². The van der Waals surface area contributed by atoms with Crippen LogP contribution in [0.25, 0.3) is 5.57 Å². The first-order valence-electron chi connectivity index (χ1n) is 10.0. The minimum atomic E-state index is -3.57. The van der Waals surface area contributed by atoms with Crippen LogP contribution in [-0.2, 0) is 25.7 Å². The van der Waals surface area contributed by atoms with Gasteiger partial charge in [-0.2, -0.15) is 0 Å². The van der Waals surface area contributed by atoms with Crippen molar-refractivity contribution in [2.24, 2.45) is 0 Å². The van der Waals surface area contributed by atoms with E-state index in [9.17, 15) is 18.3 Å². The molecule has 2 aromatic rings. The molecule has 0 aliphatic heterocycles. The number of carbonyl (C=O) groups is 1. The van der Waals surface area contributed by atoms with E-state index < -0.39 is 33.4 Å². The summed E-state index contributed by atoms with van der Waals surface area (Å²) in [6.07, 6.45) is 6.37. The van der Waals surface area contributed by atoms with Crippen LogP contribution in [0.1, 0.15) is 48.8 Å². The van der Waals surface area contributed by atoms with Gasteiger partial charge in [0.1, 0.15) is 0 Å². The Kier molecular flexibility index (Phi) is 5.98. The molecule has 0 fully saturated rings. The van der Waals surface area contributed by atoms with Crippen LogP contribution in [0.2, 0.25) is 4.71 Å². The predicted molar refractivity (Wildman–Crippen MR) is 115 cm³/mol. The number of carboxylic acids is 1. The van der Waals surface area contributed by atoms with E-state index in [1.165, 1.54) is 29.6 Å². The second-order valence-corrected chi connectivity index (χ2v) is 15.0. The second-order valence-electron chi connectivity index (χ2n) is 7.74. The molecule has 0 aromatic heterocycles. The van der Waals surface area contributed by atoms with Crippen LogP contribution in [0.4, 0.5) is 0 Å². The number of carboxylic acid groups (broad SMARTS) is 1. The van der Waals surface area contributed by atoms with Gasteiger partial charge in [-0.3, -0.25) is 0 Å². The van der Waals surface area contributed by atoms with Crippen LogP contribution in [0, 0.1) is 0 Å². The standard InChI is InChI=1S/C23H24AsO4S/c25-23(26)22(13-10-16-6-2-1-3-7-16)24-29(27,28)19-11-12-21-18(15-19)14-17-8-4-5-9-20(17)21/h1-3,6-7,11-12,15,22H,4-5,8-10,13-14H2,(H,25,26)/t22-/m0/s1. The Morgan fingerprint density at radius 2 is 1.83 bits per heavy atom. The number of hydrogen-bond acceptors (Lipinski definition) is 3. The first-order chi connectivity index (χ1) is 13.9. The topological polar surface area (TPSA) is 71.4 Å². The molecule has 0 bridgehead atoms. The molecular formula is C23H24AsO4S. The summed E-state index contributed by atoms with van der Waals surface area (Å²) in [6.45, 7) is 0. The summed E-state index contributed by atoms with van der Waals surface area (Å²) in [4.78, 5) is 12.0. The summed E-state index contributed by atoms with van der Waals surface area (Å²) in [7, 11) is -3.57. The van der Waals surface area contributed by atoms with Gasteiger partial charge in [0.05, 0.1) is 0 Å². The third kappa shape index (κ3) is 4.51. The fourth-order valence-corrected chi connectivity index (χ4v) is 10.6. The van der Waals surface area contributed by atoms with E-state index in [-0.39, 0.29) is 0 Å². The van der Waals surface area contributed by atoms with E-state index in [0.717, 1.165) is 30.4 Å². The van der Waals surface area contributed by atoms with Crippen LogP contribution in [0.15, 0.2) is 59.0 Å². The third-order valence-corrected chi connectivity index (χ3v) is 12.8. The van der Waals surface area contributed by atoms with Gasteiger partial charge in [0.15, 0.2) is 0 Å². The van der Waals surface area contributed by atoms with Crippen molar-refractivity contribution in [2.75, 3.05) is 0 Å². The van der Waals surface area contributed by atoms with Gasteiger partial charge >= 0.3 is 178 Å². The molecule has 6 heteroatoms. The second kappa shape index (κ2) is 8.49. The summed E-state index contributed by atoms with van der Waals surface area (Å²) >= 11 is -1.39. The number of rotatable bonds is 7. The van der Waals surface area contributed by atoms with Crippen molar-refractivity contribution < 1.29 is 18.3 Å². The third-order valence-electron chi connectivity index (χ3n) is 5.79. The Morgan fingerprint density at radius 3 is 2.59 bits per heavy atom. The monoisotopic (exact) mass is 471 g/mol. The number of allylic oxidation sites excluding steroid dienone is 2. The Bertz CT molecular complexity index is 1060. The zero-order valence-corrected chi connectivity index (χ0v) is 18.9. The molecule has 4 rings (SSSR count). The maximum atomic E-state index is 13.0. The molecule has 0 unspecified atom stereocenters. The summed E-state index contributed by atoms with van der Waals surface area (Å²) in [5.41, 5.74) is 6.20. The van der Waals surface area contributed by atoms with Gasteiger partial charge in [-0.1, -0.05) is 0 Å². The first kappa shape index (κ1) is 20.4. The molecular weight excluding hydrogens is 447 g/mol. The number of hydrogen-bond donors (Lipinski definition) is 1. The summed E-state index contributed by atoms with van der Waals surface area (Å²) in [5.74, 6) is -1.01. The Hall–Kier alpha value is -1.84. The molecule has 1 radical (unpaired) electrons. The van der Waals surface area contributed by atoms with Crippen molar-refractivity contribution >= 4 is 34.2 Å². The van der Waals surface area contributed by atoms with E-state index in [0.29, 0.717) is 17.7 Å². The average Bonchev–Trinajstić information content (AvgIpc) is 3.09. The molecule has 4 nitrogen and oxygen atoms in total. The SMILES string of the molecule is O=C(O)[C@H](CCc1ccccc1)[As]S(=O)(=O)c1ccc2c(c1)CC1=C2CCCC1. The number of aryl methyl sites for hydroxylation is 1. The molecule has 0 amide bonds. The van der Waals surface area contributed by atoms with E-state index in [2.05, 4.69) is 0 Å². The van der Waals surface area contributed by atoms with Gasteiger partial charge in [-0.15, -0.1) is 0 Å². The Labute approximate surface area is 177 Å². The minimum absolute atomic E-state index is 0.294. The van der Waals surface area contributed by atoms with Gasteiger partial charge in [0.2, 0.25) is 0 Å². The van der Waals surface area contributed by atoms with E-state index in [1.807, 2.05) is 36.4 Å². The molecule has 0 saturated carbocycles. The van der Waals surface area contributed by atoms with Gasteiger partial charge in [-0.25, -0.2) is 0 Å². The van der Waals surface area contributed by atoms with Gasteiger partial charge < -0.3 is 0 Å². The Morgan fingerprint density at radius 1 is 1.07 bits per heavy atom. The fraction of sp³-hybridized carbons (Fsp3) is 0.348. The molecule has 1 atom stereocenters. The number of fused-ring (bicyclic) bond motifs is 2. The van der Waals surface area contributed by atoms with Crippen molar-refractivity contribution in [3.8, 4) is 0 Å². The predicted octanol–water partition coefficient (Wildman–Crippen LogP) is 4.47. The molecule has 2 aliphatic rings. The molecule has 0 heterocycles. The first-order valence-corrected chi connectivity index (χ1v) is 14.8. The fourth-order valence-electron chi connectivity index (χ4n) is 4.29. The summed E-state index contributed by atoms with van der Waals surface area (Å²) in [6, 6.07) is 15.0. The molecule has 0 saturated heterocycles. The van der Waals surface area contributed by atoms with Crippen LogP contribution >= 0.6 is 0 Å². The molecule has 151 valence electrons. The van der Waals surface area contributed by atoms with E-state index in [4.69, 9.17) is 0 Å². The molecule has 0 spiro atoms. The van der Waals surface area contributed by atoms with E-state index in [1.54, 1.807) is 12.1 Å². The van der Waals surface area contributed by atoms with Crippen LogP contribution < -0.4 is 0 Å². The summed E-state index contributed by atoms with van der Waals surface area (Å²) in [5, 5.41) is 9.61. The summed E-state index contributed by atoms with van der Waals surface area (Å²) < 4.78 is 25.3. The van der Waals surface area contributed by atoms with E-state index >= 15 is 0 Å². The van der Waals surface area contributed by atoms with Gasteiger partial charge in [0.25, 0.3) is 0 Å². The molecule has 29 heavy (non-hydrogen) atoms. The zero-order chi connectivity index (χ0) is 20.4. The normalized spacial score (nSPS) is 17.4. The van der Waals surface area contributed by atoms with Crippen LogP contribution in [0.3, 0.4) is 0 Å². The van der Waals surface area contributed by atoms with Crippen molar-refractivity contribution in [3.05, 3.63) is 70.8 Å². The quantitative estimate of drug-likeness (QED) is 0.605.